The van der Waals surface area contributed by atoms with Crippen molar-refractivity contribution in [2.24, 2.45) is 0 Å². The number of pyridine rings is 1. The third-order valence-electron chi connectivity index (χ3n) is 3.75. The first-order valence-corrected chi connectivity index (χ1v) is 8.93. The fourth-order valence-corrected chi connectivity index (χ4v) is 3.13. The van der Waals surface area contributed by atoms with Crippen LogP contribution in [0.1, 0.15) is 11.4 Å². The van der Waals surface area contributed by atoms with E-state index in [1.807, 2.05) is 6.92 Å². The van der Waals surface area contributed by atoms with E-state index in [1.54, 1.807) is 36.7 Å². The van der Waals surface area contributed by atoms with Gasteiger partial charge in [-0.1, -0.05) is 28.5 Å². The first-order chi connectivity index (χ1) is 13.1. The van der Waals surface area contributed by atoms with Crippen molar-refractivity contribution in [3.05, 3.63) is 59.9 Å². The number of hydrogen-bond donors (Lipinski definition) is 1. The number of thioether (sulfide) groups is 1. The van der Waals surface area contributed by atoms with Crippen LogP contribution in [0.15, 0.2) is 52.4 Å². The number of nitrogens with two attached hydrogens (primary N) is 1. The molecule has 0 unspecified atom stereocenters. The zero-order chi connectivity index (χ0) is 18.8. The van der Waals surface area contributed by atoms with Gasteiger partial charge < -0.3 is 10.4 Å². The number of nitrogen functional groups attached to an aromatic ring is 1. The molecule has 0 radical (unpaired) electrons. The van der Waals surface area contributed by atoms with Crippen molar-refractivity contribution in [3.63, 3.8) is 0 Å². The van der Waals surface area contributed by atoms with E-state index < -0.39 is 5.82 Å². The van der Waals surface area contributed by atoms with Crippen molar-refractivity contribution >= 4 is 11.8 Å². The van der Waals surface area contributed by atoms with Crippen LogP contribution in [0, 0.1) is 12.7 Å². The Labute approximate surface area is 157 Å². The first kappa shape index (κ1) is 17.2. The summed E-state index contributed by atoms with van der Waals surface area (Å²) >= 11 is 1.30. The summed E-state index contributed by atoms with van der Waals surface area (Å²) in [5.74, 6) is 7.08. The molecule has 3 heterocycles. The highest BCUT2D eigenvalue weighted by molar-refractivity contribution is 7.98. The van der Waals surface area contributed by atoms with Gasteiger partial charge in [-0.25, -0.2) is 9.07 Å². The molecule has 136 valence electrons. The second-order valence-corrected chi connectivity index (χ2v) is 6.64. The highest BCUT2D eigenvalue weighted by Gasteiger charge is 2.16. The summed E-state index contributed by atoms with van der Waals surface area (Å²) in [6.07, 6.45) is 3.31. The molecule has 0 aliphatic carbocycles. The standard InChI is InChI=1S/C17H14FN7OS/c1-10-2-3-13(18)12(8-10)16-21-14(24-26-16)9-27-17-23-22-15(25(17)19)11-4-6-20-7-5-11/h2-8H,9,19H2,1H3. The summed E-state index contributed by atoms with van der Waals surface area (Å²) in [5.41, 5.74) is 1.99. The van der Waals surface area contributed by atoms with E-state index >= 15 is 0 Å². The summed E-state index contributed by atoms with van der Waals surface area (Å²) in [7, 11) is 0. The lowest BCUT2D eigenvalue weighted by atomic mass is 10.1. The van der Waals surface area contributed by atoms with E-state index in [4.69, 9.17) is 10.4 Å². The summed E-state index contributed by atoms with van der Waals surface area (Å²) in [6, 6.07) is 8.31. The van der Waals surface area contributed by atoms with Crippen LogP contribution in [0.5, 0.6) is 0 Å². The van der Waals surface area contributed by atoms with Crippen LogP contribution in [-0.2, 0) is 5.75 Å². The molecule has 27 heavy (non-hydrogen) atoms. The Bertz CT molecular complexity index is 1080. The van der Waals surface area contributed by atoms with Gasteiger partial charge >= 0.3 is 0 Å². The maximum Gasteiger partial charge on any atom is 0.260 e. The number of aromatic nitrogens is 6. The van der Waals surface area contributed by atoms with Crippen molar-refractivity contribution in [1.29, 1.82) is 0 Å². The molecule has 0 aliphatic rings. The molecule has 2 N–H and O–H groups in total. The molecule has 4 rings (SSSR count). The van der Waals surface area contributed by atoms with Crippen LogP contribution in [0.4, 0.5) is 4.39 Å². The van der Waals surface area contributed by atoms with Gasteiger partial charge in [0.15, 0.2) is 11.6 Å². The fraction of sp³-hybridized carbons (Fsp3) is 0.118. The maximum absolute atomic E-state index is 14.0. The molecule has 0 spiro atoms. The molecule has 1 aromatic carbocycles. The largest absolute Gasteiger partial charge is 0.335 e. The molecule has 8 nitrogen and oxygen atoms in total. The zero-order valence-corrected chi connectivity index (χ0v) is 15.0. The lowest BCUT2D eigenvalue weighted by Crippen LogP contribution is -2.11. The molecule has 4 aromatic rings. The highest BCUT2D eigenvalue weighted by Crippen LogP contribution is 2.26. The van der Waals surface area contributed by atoms with Crippen LogP contribution in [0.25, 0.3) is 22.8 Å². The average Bonchev–Trinajstić information content (AvgIpc) is 3.29. The number of aryl methyl sites for hydroxylation is 1. The summed E-state index contributed by atoms with van der Waals surface area (Å²) in [5, 5.41) is 12.6. The summed E-state index contributed by atoms with van der Waals surface area (Å²) in [4.78, 5) is 8.21. The number of benzene rings is 1. The SMILES string of the molecule is Cc1ccc(F)c(-c2nc(CSc3nnc(-c4ccncc4)n3N)no2)c1. The van der Waals surface area contributed by atoms with Crippen LogP contribution >= 0.6 is 11.8 Å². The number of hydrogen-bond acceptors (Lipinski definition) is 8. The summed E-state index contributed by atoms with van der Waals surface area (Å²) in [6.45, 7) is 1.87. The number of nitrogens with zero attached hydrogens (tertiary/aromatic N) is 6. The van der Waals surface area contributed by atoms with Gasteiger partial charge in [0.2, 0.25) is 5.16 Å². The molecule has 0 saturated carbocycles. The molecule has 3 aromatic heterocycles. The Kier molecular flexibility index (Phi) is 4.55. The molecule has 10 heteroatoms. The Morgan fingerprint density at radius 2 is 2.00 bits per heavy atom. The predicted octanol–water partition coefficient (Wildman–Crippen LogP) is 2.84. The minimum atomic E-state index is -0.410. The van der Waals surface area contributed by atoms with Crippen LogP contribution in [0.2, 0.25) is 0 Å². The third kappa shape index (κ3) is 3.51. The van der Waals surface area contributed by atoms with Crippen LogP contribution in [0.3, 0.4) is 0 Å². The lowest BCUT2D eigenvalue weighted by molar-refractivity contribution is 0.422. The van der Waals surface area contributed by atoms with Crippen molar-refractivity contribution in [3.8, 4) is 22.8 Å². The van der Waals surface area contributed by atoms with E-state index in [2.05, 4.69) is 25.3 Å². The fourth-order valence-electron chi connectivity index (χ4n) is 2.43. The minimum absolute atomic E-state index is 0.137. The topological polar surface area (TPSA) is 109 Å². The van der Waals surface area contributed by atoms with Gasteiger partial charge in [-0.15, -0.1) is 10.2 Å². The Balaban J connectivity index is 1.50. The Morgan fingerprint density at radius 1 is 1.19 bits per heavy atom. The quantitative estimate of drug-likeness (QED) is 0.414. The molecule has 0 amide bonds. The van der Waals surface area contributed by atoms with Crippen LogP contribution in [-0.4, -0.2) is 30.0 Å². The van der Waals surface area contributed by atoms with Crippen molar-refractivity contribution < 1.29 is 8.91 Å². The van der Waals surface area contributed by atoms with Gasteiger partial charge in [-0.05, 0) is 31.2 Å². The molecule has 0 aliphatic heterocycles. The second-order valence-electron chi connectivity index (χ2n) is 5.70. The first-order valence-electron chi connectivity index (χ1n) is 7.94. The average molecular weight is 383 g/mol. The highest BCUT2D eigenvalue weighted by atomic mass is 32.2. The zero-order valence-electron chi connectivity index (χ0n) is 14.2. The minimum Gasteiger partial charge on any atom is -0.335 e. The predicted molar refractivity (Wildman–Crippen MR) is 97.4 cm³/mol. The molecule has 0 saturated heterocycles. The van der Waals surface area contributed by atoms with Gasteiger partial charge in [0, 0.05) is 18.0 Å². The smallest absolute Gasteiger partial charge is 0.260 e. The van der Waals surface area contributed by atoms with Crippen LogP contribution < -0.4 is 5.84 Å². The monoisotopic (exact) mass is 383 g/mol. The molecule has 0 fully saturated rings. The molecule has 0 atom stereocenters. The Morgan fingerprint density at radius 3 is 2.81 bits per heavy atom. The van der Waals surface area contributed by atoms with Crippen molar-refractivity contribution in [2.75, 3.05) is 5.84 Å². The van der Waals surface area contributed by atoms with Gasteiger partial charge in [-0.3, -0.25) is 4.98 Å². The van der Waals surface area contributed by atoms with E-state index in [0.717, 1.165) is 11.1 Å². The van der Waals surface area contributed by atoms with Gasteiger partial charge in [0.25, 0.3) is 5.89 Å². The molecular formula is C17H14FN7OS. The normalized spacial score (nSPS) is 11.0. The van der Waals surface area contributed by atoms with Crippen molar-refractivity contribution in [1.82, 2.24) is 30.0 Å². The van der Waals surface area contributed by atoms with Gasteiger partial charge in [0.05, 0.1) is 11.3 Å². The Hall–Kier alpha value is -3.27. The van der Waals surface area contributed by atoms with Crippen molar-refractivity contribution in [2.45, 2.75) is 17.8 Å². The second kappa shape index (κ2) is 7.16. The lowest BCUT2D eigenvalue weighted by Gasteiger charge is -2.02. The molecular weight excluding hydrogens is 369 g/mol. The summed E-state index contributed by atoms with van der Waals surface area (Å²) < 4.78 is 20.5. The van der Waals surface area contributed by atoms with E-state index in [-0.39, 0.29) is 11.5 Å². The third-order valence-corrected chi connectivity index (χ3v) is 4.69. The van der Waals surface area contributed by atoms with E-state index in [0.29, 0.717) is 22.6 Å². The van der Waals surface area contributed by atoms with E-state index in [9.17, 15) is 4.39 Å². The number of halogens is 1. The van der Waals surface area contributed by atoms with Gasteiger partial charge in [0.1, 0.15) is 5.82 Å². The molecule has 0 bridgehead atoms. The van der Waals surface area contributed by atoms with E-state index in [1.165, 1.54) is 22.5 Å². The van der Waals surface area contributed by atoms with Gasteiger partial charge in [-0.2, -0.15) is 4.98 Å². The maximum atomic E-state index is 14.0. The number of rotatable bonds is 5.